The summed E-state index contributed by atoms with van der Waals surface area (Å²) >= 11 is 6.00. The molecule has 0 saturated carbocycles. The Kier molecular flexibility index (Phi) is 12.0. The Hall–Kier alpha value is -2.89. The molecule has 1 fully saturated rings. The third kappa shape index (κ3) is 8.81. The number of ether oxygens (including phenoxy) is 1. The van der Waals surface area contributed by atoms with Gasteiger partial charge in [-0.1, -0.05) is 29.8 Å². The standard InChI is InChI=1S/C29H26ClF3N4O2S.2ClH/c30-20-8-9-23-26(10-11-34-27(23)18-20)35-25-7-2-1-6-24(25)28(38)39-17-16-36-12-14-37(15-13-36)21-4-3-5-22(19-21)40-29(31,32)33;;/h1-11,18-19H,12-17H2,(H,34,35);2*1H. The second-order valence-corrected chi connectivity index (χ2v) is 10.8. The Balaban J connectivity index is 0.00000242. The largest absolute Gasteiger partial charge is 0.461 e. The molecular formula is C29H28Cl3F3N4O2S. The molecule has 224 valence electrons. The average Bonchev–Trinajstić information content (AvgIpc) is 2.93. The van der Waals surface area contributed by atoms with Gasteiger partial charge in [-0.25, -0.2) is 4.79 Å². The van der Waals surface area contributed by atoms with Gasteiger partial charge in [-0.3, -0.25) is 9.88 Å². The van der Waals surface area contributed by atoms with Gasteiger partial charge in [0.2, 0.25) is 0 Å². The van der Waals surface area contributed by atoms with Crippen molar-refractivity contribution in [2.45, 2.75) is 10.4 Å². The maximum Gasteiger partial charge on any atom is 0.446 e. The summed E-state index contributed by atoms with van der Waals surface area (Å²) in [7, 11) is 0. The van der Waals surface area contributed by atoms with Gasteiger partial charge >= 0.3 is 11.5 Å². The average molecular weight is 660 g/mol. The molecule has 5 rings (SSSR count). The topological polar surface area (TPSA) is 57.7 Å². The monoisotopic (exact) mass is 658 g/mol. The van der Waals surface area contributed by atoms with Crippen LogP contribution in [0.2, 0.25) is 5.02 Å². The number of pyridine rings is 1. The minimum Gasteiger partial charge on any atom is -0.461 e. The van der Waals surface area contributed by atoms with Crippen molar-refractivity contribution >= 4 is 82.1 Å². The van der Waals surface area contributed by atoms with Crippen LogP contribution in [0.1, 0.15) is 10.4 Å². The number of piperazine rings is 1. The lowest BCUT2D eigenvalue weighted by Gasteiger charge is -2.36. The van der Waals surface area contributed by atoms with Crippen LogP contribution >= 0.6 is 48.2 Å². The zero-order valence-corrected chi connectivity index (χ0v) is 25.3. The molecule has 1 N–H and O–H groups in total. The smallest absolute Gasteiger partial charge is 0.446 e. The van der Waals surface area contributed by atoms with Gasteiger partial charge in [-0.15, -0.1) is 24.8 Å². The van der Waals surface area contributed by atoms with Crippen molar-refractivity contribution in [3.8, 4) is 0 Å². The molecule has 0 amide bonds. The predicted octanol–water partition coefficient (Wildman–Crippen LogP) is 8.07. The summed E-state index contributed by atoms with van der Waals surface area (Å²) in [5, 5.41) is 4.80. The van der Waals surface area contributed by atoms with Crippen LogP contribution in [0.3, 0.4) is 0 Å². The second-order valence-electron chi connectivity index (χ2n) is 9.20. The molecule has 1 aliphatic rings. The Bertz CT molecular complexity index is 1500. The summed E-state index contributed by atoms with van der Waals surface area (Å²) in [5.74, 6) is -0.429. The van der Waals surface area contributed by atoms with Crippen molar-refractivity contribution in [1.29, 1.82) is 0 Å². The summed E-state index contributed by atoms with van der Waals surface area (Å²) in [5.41, 5.74) is -0.965. The normalized spacial score (nSPS) is 13.7. The SMILES string of the molecule is Cl.Cl.O=C(OCCN1CCN(c2cccc(SC(F)(F)F)c2)CC1)c1ccccc1Nc1ccnc2cc(Cl)ccc12. The van der Waals surface area contributed by atoms with Gasteiger partial charge in [-0.2, -0.15) is 13.2 Å². The number of nitrogens with one attached hydrogen (secondary N) is 1. The van der Waals surface area contributed by atoms with E-state index in [4.69, 9.17) is 16.3 Å². The minimum absolute atomic E-state index is 0. The summed E-state index contributed by atoms with van der Waals surface area (Å²) in [4.78, 5) is 21.8. The van der Waals surface area contributed by atoms with Gasteiger partial charge in [0.15, 0.2) is 0 Å². The molecule has 0 unspecified atom stereocenters. The fraction of sp³-hybridized carbons (Fsp3) is 0.241. The first kappa shape index (κ1) is 33.6. The van der Waals surface area contributed by atoms with Gasteiger partial charge in [-0.05, 0) is 66.4 Å². The Morgan fingerprint density at radius 3 is 2.48 bits per heavy atom. The molecule has 2 heterocycles. The van der Waals surface area contributed by atoms with E-state index in [2.05, 4.69) is 20.1 Å². The number of para-hydroxylation sites is 1. The Morgan fingerprint density at radius 2 is 1.71 bits per heavy atom. The first-order valence-electron chi connectivity index (χ1n) is 12.7. The number of anilines is 3. The zero-order chi connectivity index (χ0) is 28.1. The van der Waals surface area contributed by atoms with Crippen molar-refractivity contribution < 1.29 is 22.7 Å². The number of hydrogen-bond donors (Lipinski definition) is 1. The molecule has 0 radical (unpaired) electrons. The first-order chi connectivity index (χ1) is 19.2. The van der Waals surface area contributed by atoms with E-state index < -0.39 is 11.5 Å². The number of rotatable bonds is 8. The lowest BCUT2D eigenvalue weighted by molar-refractivity contribution is -0.0328. The molecule has 0 spiro atoms. The van der Waals surface area contributed by atoms with Crippen molar-refractivity contribution in [1.82, 2.24) is 9.88 Å². The van der Waals surface area contributed by atoms with E-state index in [1.54, 1.807) is 42.6 Å². The number of thioether (sulfide) groups is 1. The predicted molar refractivity (Wildman–Crippen MR) is 168 cm³/mol. The second kappa shape index (κ2) is 15.0. The lowest BCUT2D eigenvalue weighted by atomic mass is 10.1. The highest BCUT2D eigenvalue weighted by Crippen LogP contribution is 2.38. The van der Waals surface area contributed by atoms with E-state index in [1.807, 2.05) is 30.3 Å². The number of alkyl halides is 3. The summed E-state index contributed by atoms with van der Waals surface area (Å²) in [6.07, 6.45) is 1.68. The first-order valence-corrected chi connectivity index (χ1v) is 13.9. The van der Waals surface area contributed by atoms with E-state index in [0.717, 1.165) is 22.3 Å². The number of benzene rings is 3. The van der Waals surface area contributed by atoms with Gasteiger partial charge in [0.1, 0.15) is 6.61 Å². The molecule has 0 atom stereocenters. The van der Waals surface area contributed by atoms with Crippen LogP contribution in [0.15, 0.2) is 83.9 Å². The Labute approximate surface area is 263 Å². The maximum atomic E-state index is 13.0. The highest BCUT2D eigenvalue weighted by Gasteiger charge is 2.29. The lowest BCUT2D eigenvalue weighted by Crippen LogP contribution is -2.47. The molecule has 0 aliphatic carbocycles. The minimum atomic E-state index is -4.31. The number of nitrogens with zero attached hydrogens (tertiary/aromatic N) is 3. The van der Waals surface area contributed by atoms with E-state index in [9.17, 15) is 18.0 Å². The molecule has 1 aromatic heterocycles. The fourth-order valence-electron chi connectivity index (χ4n) is 4.60. The van der Waals surface area contributed by atoms with Crippen molar-refractivity contribution in [3.05, 3.63) is 89.6 Å². The summed E-state index contributed by atoms with van der Waals surface area (Å²) in [6.45, 7) is 3.56. The third-order valence-corrected chi connectivity index (χ3v) is 7.51. The zero-order valence-electron chi connectivity index (χ0n) is 22.1. The number of aromatic nitrogens is 1. The molecule has 0 bridgehead atoms. The van der Waals surface area contributed by atoms with Crippen molar-refractivity contribution in [2.75, 3.05) is 49.5 Å². The van der Waals surface area contributed by atoms with Crippen LogP contribution in [0.4, 0.5) is 30.2 Å². The third-order valence-electron chi connectivity index (χ3n) is 6.55. The Morgan fingerprint density at radius 1 is 0.952 bits per heavy atom. The quantitative estimate of drug-likeness (QED) is 0.152. The van der Waals surface area contributed by atoms with Crippen LogP contribution in [-0.4, -0.2) is 60.7 Å². The fourth-order valence-corrected chi connectivity index (χ4v) is 5.36. The van der Waals surface area contributed by atoms with Crippen LogP contribution < -0.4 is 10.2 Å². The van der Waals surface area contributed by atoms with E-state index in [1.165, 1.54) is 6.07 Å². The molecule has 3 aromatic carbocycles. The molecular weight excluding hydrogens is 632 g/mol. The number of hydrogen-bond acceptors (Lipinski definition) is 7. The molecule has 6 nitrogen and oxygen atoms in total. The molecule has 4 aromatic rings. The van der Waals surface area contributed by atoms with Crippen LogP contribution in [0.25, 0.3) is 10.9 Å². The highest BCUT2D eigenvalue weighted by atomic mass is 35.5. The van der Waals surface area contributed by atoms with Gasteiger partial charge in [0.05, 0.1) is 16.8 Å². The number of carbonyl (C=O) groups is 1. The van der Waals surface area contributed by atoms with Crippen LogP contribution in [0.5, 0.6) is 0 Å². The molecule has 1 saturated heterocycles. The number of halogens is 6. The van der Waals surface area contributed by atoms with Crippen molar-refractivity contribution in [2.24, 2.45) is 0 Å². The molecule has 13 heteroatoms. The van der Waals surface area contributed by atoms with E-state index in [0.29, 0.717) is 49.0 Å². The summed E-state index contributed by atoms with van der Waals surface area (Å²) in [6, 6.07) is 21.0. The van der Waals surface area contributed by atoms with Crippen LogP contribution in [0, 0.1) is 0 Å². The van der Waals surface area contributed by atoms with E-state index in [-0.39, 0.29) is 48.1 Å². The number of esters is 1. The number of fused-ring (bicyclic) bond motifs is 1. The summed E-state index contributed by atoms with van der Waals surface area (Å²) < 4.78 is 43.8. The van der Waals surface area contributed by atoms with E-state index >= 15 is 0 Å². The molecule has 1 aliphatic heterocycles. The van der Waals surface area contributed by atoms with Crippen LogP contribution in [-0.2, 0) is 4.74 Å². The van der Waals surface area contributed by atoms with Crippen molar-refractivity contribution in [3.63, 3.8) is 0 Å². The van der Waals surface area contributed by atoms with Gasteiger partial charge in [0.25, 0.3) is 0 Å². The van der Waals surface area contributed by atoms with Gasteiger partial charge < -0.3 is 15.0 Å². The maximum absolute atomic E-state index is 13.0. The highest BCUT2D eigenvalue weighted by molar-refractivity contribution is 8.00. The molecule has 42 heavy (non-hydrogen) atoms. The van der Waals surface area contributed by atoms with Gasteiger partial charge in [0, 0.05) is 65.6 Å². The number of carbonyl (C=O) groups excluding carboxylic acids is 1.